The summed E-state index contributed by atoms with van der Waals surface area (Å²) in [6, 6.07) is 10.5. The monoisotopic (exact) mass is 466 g/mol. The molecule has 0 aliphatic carbocycles. The first-order valence-electron chi connectivity index (χ1n) is 10.6. The summed E-state index contributed by atoms with van der Waals surface area (Å²) in [5.41, 5.74) is 0.794. The topological polar surface area (TPSA) is 113 Å². The number of benzene rings is 2. The number of nitrogens with zero attached hydrogens (tertiary/aromatic N) is 2. The minimum atomic E-state index is -0.899. The third-order valence-corrected chi connectivity index (χ3v) is 5.81. The fraction of sp³-hybridized carbons (Fsp3) is 0.280. The number of methoxy groups -OCH3 is 2. The van der Waals surface area contributed by atoms with Crippen LogP contribution in [0.15, 0.2) is 58.2 Å². The largest absolute Gasteiger partial charge is 0.504 e. The van der Waals surface area contributed by atoms with Crippen molar-refractivity contribution in [2.45, 2.75) is 6.04 Å². The summed E-state index contributed by atoms with van der Waals surface area (Å²) in [5, 5.41) is 21.5. The molecule has 2 N–H and O–H groups in total. The van der Waals surface area contributed by atoms with Gasteiger partial charge in [0.1, 0.15) is 0 Å². The van der Waals surface area contributed by atoms with E-state index in [4.69, 9.17) is 13.9 Å². The van der Waals surface area contributed by atoms with Crippen LogP contribution in [-0.2, 0) is 4.79 Å². The van der Waals surface area contributed by atoms with Crippen LogP contribution in [0.25, 0.3) is 11.0 Å². The zero-order valence-electron chi connectivity index (χ0n) is 19.4. The number of para-hydroxylation sites is 1. The molecule has 2 heterocycles. The van der Waals surface area contributed by atoms with E-state index in [-0.39, 0.29) is 29.4 Å². The highest BCUT2D eigenvalue weighted by molar-refractivity contribution is 6.16. The third-order valence-electron chi connectivity index (χ3n) is 5.81. The number of aliphatic hydroxyl groups excluding tert-OH is 1. The smallest absolute Gasteiger partial charge is 0.290 e. The molecular weight excluding hydrogens is 440 g/mol. The fourth-order valence-corrected chi connectivity index (χ4v) is 4.08. The number of aliphatic hydroxyl groups is 1. The molecule has 0 spiro atoms. The molecule has 3 aromatic rings. The first kappa shape index (κ1) is 23.2. The number of carbonyl (C=O) groups is 2. The van der Waals surface area contributed by atoms with Crippen molar-refractivity contribution in [2.75, 3.05) is 41.4 Å². The van der Waals surface area contributed by atoms with E-state index in [9.17, 15) is 19.8 Å². The number of phenolic OH excluding ortho intramolecular Hbond substituents is 1. The van der Waals surface area contributed by atoms with Gasteiger partial charge in [-0.2, -0.15) is 0 Å². The van der Waals surface area contributed by atoms with Gasteiger partial charge in [0.25, 0.3) is 5.91 Å². The van der Waals surface area contributed by atoms with Crippen LogP contribution in [0.5, 0.6) is 17.2 Å². The molecule has 0 saturated heterocycles. The van der Waals surface area contributed by atoms with Crippen molar-refractivity contribution in [3.63, 3.8) is 0 Å². The number of likely N-dealkylation sites (N-methyl/N-ethyl adjacent to an activating group) is 1. The van der Waals surface area contributed by atoms with Crippen LogP contribution in [0.3, 0.4) is 0 Å². The summed E-state index contributed by atoms with van der Waals surface area (Å²) in [5.74, 6) is -1.37. The van der Waals surface area contributed by atoms with Gasteiger partial charge in [0, 0.05) is 18.5 Å². The summed E-state index contributed by atoms with van der Waals surface area (Å²) < 4.78 is 16.3. The maximum absolute atomic E-state index is 13.6. The average Bonchev–Trinajstić information content (AvgIpc) is 3.37. The normalized spacial score (nSPS) is 16.1. The number of ketones is 1. The number of fused-ring (bicyclic) bond motifs is 1. The molecule has 1 aliphatic heterocycles. The zero-order chi connectivity index (χ0) is 24.6. The summed E-state index contributed by atoms with van der Waals surface area (Å²) in [7, 11) is 6.63. The summed E-state index contributed by atoms with van der Waals surface area (Å²) in [6.07, 6.45) is 0. The Kier molecular flexibility index (Phi) is 6.21. The van der Waals surface area contributed by atoms with Gasteiger partial charge in [0.2, 0.25) is 5.78 Å². The predicted octanol–water partition coefficient (Wildman–Crippen LogP) is 3.30. The number of furan rings is 1. The van der Waals surface area contributed by atoms with Crippen LogP contribution in [0.1, 0.15) is 22.2 Å². The Bertz CT molecular complexity index is 1290. The molecule has 1 aromatic heterocycles. The van der Waals surface area contributed by atoms with E-state index < -0.39 is 23.5 Å². The van der Waals surface area contributed by atoms with Crippen molar-refractivity contribution in [1.29, 1.82) is 0 Å². The maximum atomic E-state index is 13.6. The van der Waals surface area contributed by atoms with Crippen LogP contribution in [0.4, 0.5) is 0 Å². The minimum absolute atomic E-state index is 0.0287. The Labute approximate surface area is 196 Å². The SMILES string of the molecule is COc1cc([C@@H]2C(C(=O)c3cc4cccc(OC)c4o3)=C(O)C(=O)N2CCN(C)C)ccc1O. The van der Waals surface area contributed by atoms with Crippen LogP contribution < -0.4 is 9.47 Å². The van der Waals surface area contributed by atoms with E-state index in [1.165, 1.54) is 25.2 Å². The lowest BCUT2D eigenvalue weighted by atomic mass is 9.94. The Morgan fingerprint density at radius 1 is 1.09 bits per heavy atom. The fourth-order valence-electron chi connectivity index (χ4n) is 4.08. The summed E-state index contributed by atoms with van der Waals surface area (Å²) >= 11 is 0. The first-order valence-corrected chi connectivity index (χ1v) is 10.6. The van der Waals surface area contributed by atoms with Crippen LogP contribution in [-0.4, -0.2) is 73.1 Å². The lowest BCUT2D eigenvalue weighted by molar-refractivity contribution is -0.129. The Morgan fingerprint density at radius 2 is 1.82 bits per heavy atom. The van der Waals surface area contributed by atoms with E-state index in [0.29, 0.717) is 28.8 Å². The zero-order valence-corrected chi connectivity index (χ0v) is 19.4. The number of ether oxygens (including phenoxy) is 2. The summed E-state index contributed by atoms with van der Waals surface area (Å²) in [4.78, 5) is 30.0. The van der Waals surface area contributed by atoms with Crippen molar-refractivity contribution in [3.05, 3.63) is 65.1 Å². The molecule has 34 heavy (non-hydrogen) atoms. The molecule has 4 rings (SSSR count). The average molecular weight is 466 g/mol. The van der Waals surface area contributed by atoms with Gasteiger partial charge >= 0.3 is 0 Å². The number of amides is 1. The molecule has 0 bridgehead atoms. The van der Waals surface area contributed by atoms with Crippen molar-refractivity contribution < 1.29 is 33.7 Å². The van der Waals surface area contributed by atoms with E-state index in [1.54, 1.807) is 36.4 Å². The molecule has 2 aromatic carbocycles. The quantitative estimate of drug-likeness (QED) is 0.487. The number of Topliss-reactive ketones (excluding diaryl/α,β-unsaturated/α-hetero) is 1. The molecule has 0 radical (unpaired) electrons. The number of rotatable bonds is 8. The lowest BCUT2D eigenvalue weighted by Crippen LogP contribution is -2.36. The second kappa shape index (κ2) is 9.11. The molecule has 9 heteroatoms. The second-order valence-electron chi connectivity index (χ2n) is 8.22. The van der Waals surface area contributed by atoms with Gasteiger partial charge in [-0.3, -0.25) is 9.59 Å². The van der Waals surface area contributed by atoms with E-state index in [1.807, 2.05) is 19.0 Å². The van der Waals surface area contributed by atoms with Crippen LogP contribution in [0.2, 0.25) is 0 Å². The highest BCUT2D eigenvalue weighted by Gasteiger charge is 2.44. The van der Waals surface area contributed by atoms with E-state index >= 15 is 0 Å². The van der Waals surface area contributed by atoms with Crippen LogP contribution >= 0.6 is 0 Å². The molecule has 1 atom stereocenters. The highest BCUT2D eigenvalue weighted by Crippen LogP contribution is 2.42. The molecule has 0 saturated carbocycles. The molecule has 0 fully saturated rings. The number of carbonyl (C=O) groups excluding carboxylic acids is 2. The molecule has 0 unspecified atom stereocenters. The molecule has 1 amide bonds. The Balaban J connectivity index is 1.82. The second-order valence-corrected chi connectivity index (χ2v) is 8.22. The van der Waals surface area contributed by atoms with Gasteiger partial charge in [-0.1, -0.05) is 18.2 Å². The van der Waals surface area contributed by atoms with Crippen molar-refractivity contribution in [1.82, 2.24) is 9.80 Å². The van der Waals surface area contributed by atoms with Gasteiger partial charge in [-0.15, -0.1) is 0 Å². The Hall–Kier alpha value is -3.98. The lowest BCUT2D eigenvalue weighted by Gasteiger charge is -2.28. The molecule has 178 valence electrons. The predicted molar refractivity (Wildman–Crippen MR) is 124 cm³/mol. The molecule has 1 aliphatic rings. The van der Waals surface area contributed by atoms with Gasteiger partial charge in [-0.25, -0.2) is 0 Å². The summed E-state index contributed by atoms with van der Waals surface area (Å²) in [6.45, 7) is 0.766. The van der Waals surface area contributed by atoms with Gasteiger partial charge in [-0.05, 0) is 43.9 Å². The number of hydrogen-bond donors (Lipinski definition) is 2. The third kappa shape index (κ3) is 3.94. The molecular formula is C25H26N2O7. The van der Waals surface area contributed by atoms with E-state index in [0.717, 1.165) is 0 Å². The van der Waals surface area contributed by atoms with Gasteiger partial charge < -0.3 is 33.9 Å². The van der Waals surface area contributed by atoms with Crippen molar-refractivity contribution in [2.24, 2.45) is 0 Å². The van der Waals surface area contributed by atoms with E-state index in [2.05, 4.69) is 0 Å². The van der Waals surface area contributed by atoms with Crippen LogP contribution in [0, 0.1) is 0 Å². The number of phenols is 1. The number of aromatic hydroxyl groups is 1. The van der Waals surface area contributed by atoms with Gasteiger partial charge in [0.15, 0.2) is 34.4 Å². The molecule has 9 nitrogen and oxygen atoms in total. The maximum Gasteiger partial charge on any atom is 0.290 e. The standard InChI is InChI=1S/C25H26N2O7/c1-26(2)10-11-27-21(14-8-9-16(28)18(12-14)33-4)20(23(30)25(27)31)22(29)19-13-15-6-5-7-17(32-3)24(15)34-19/h5-9,12-13,21,28,30H,10-11H2,1-4H3/t21-/m1/s1. The highest BCUT2D eigenvalue weighted by atomic mass is 16.5. The van der Waals surface area contributed by atoms with Crippen molar-refractivity contribution in [3.8, 4) is 17.2 Å². The minimum Gasteiger partial charge on any atom is -0.504 e. The first-order chi connectivity index (χ1) is 16.3. The number of hydrogen-bond acceptors (Lipinski definition) is 8. The van der Waals surface area contributed by atoms with Gasteiger partial charge in [0.05, 0.1) is 25.8 Å². The Morgan fingerprint density at radius 3 is 2.50 bits per heavy atom. The van der Waals surface area contributed by atoms with Crippen molar-refractivity contribution >= 4 is 22.7 Å².